The first-order chi connectivity index (χ1) is 12.8. The molecule has 0 bridgehead atoms. The number of hydrogen-bond donors (Lipinski definition) is 1. The van der Waals surface area contributed by atoms with Gasteiger partial charge in [-0.05, 0) is 62.7 Å². The van der Waals surface area contributed by atoms with Gasteiger partial charge in [-0.15, -0.1) is 0 Å². The molecule has 0 radical (unpaired) electrons. The number of fused-ring (bicyclic) bond motifs is 1. The topological polar surface area (TPSA) is 68.5 Å². The van der Waals surface area contributed by atoms with Crippen LogP contribution >= 0.6 is 11.6 Å². The monoisotopic (exact) mass is 385 g/mol. The molecular weight excluding hydrogens is 366 g/mol. The number of carbonyl (C=O) groups excluding carboxylic acids is 2. The van der Waals surface area contributed by atoms with Gasteiger partial charge in [-0.25, -0.2) is 0 Å². The molecule has 0 saturated carbocycles. The Kier molecular flexibility index (Phi) is 5.24. The largest absolute Gasteiger partial charge is 0.508 e. The predicted molar refractivity (Wildman–Crippen MR) is 104 cm³/mol. The van der Waals surface area contributed by atoms with Crippen LogP contribution in [0.1, 0.15) is 35.5 Å². The number of aromatic nitrogens is 1. The molecule has 0 unspecified atom stereocenters. The van der Waals surface area contributed by atoms with Crippen LogP contribution in [0.4, 0.5) is 0 Å². The average Bonchev–Trinajstić information content (AvgIpc) is 2.85. The van der Waals surface area contributed by atoms with Crippen LogP contribution in [0.25, 0.3) is 10.9 Å². The molecular formula is C21H20ClNO4. The second-order valence-corrected chi connectivity index (χ2v) is 7.07. The van der Waals surface area contributed by atoms with E-state index in [2.05, 4.69) is 0 Å². The fourth-order valence-corrected chi connectivity index (χ4v) is 3.35. The maximum absolute atomic E-state index is 13.1. The summed E-state index contributed by atoms with van der Waals surface area (Å²) in [4.78, 5) is 25.3. The van der Waals surface area contributed by atoms with Crippen molar-refractivity contribution in [1.82, 2.24) is 4.57 Å². The molecule has 27 heavy (non-hydrogen) atoms. The van der Waals surface area contributed by atoms with Crippen molar-refractivity contribution in [2.24, 2.45) is 0 Å². The summed E-state index contributed by atoms with van der Waals surface area (Å²) in [5.41, 5.74) is 2.33. The van der Waals surface area contributed by atoms with Crippen molar-refractivity contribution < 1.29 is 19.4 Å². The lowest BCUT2D eigenvalue weighted by molar-refractivity contribution is -0.146. The minimum atomic E-state index is -0.384. The van der Waals surface area contributed by atoms with E-state index in [1.807, 2.05) is 0 Å². The lowest BCUT2D eigenvalue weighted by Gasteiger charge is -2.09. The molecule has 3 rings (SSSR count). The molecule has 0 aliphatic heterocycles. The van der Waals surface area contributed by atoms with Crippen LogP contribution in [0.5, 0.6) is 5.75 Å². The highest BCUT2D eigenvalue weighted by molar-refractivity contribution is 6.31. The van der Waals surface area contributed by atoms with Crippen LogP contribution in [0.15, 0.2) is 42.5 Å². The number of aromatic hydroxyl groups is 1. The van der Waals surface area contributed by atoms with Crippen molar-refractivity contribution in [2.75, 3.05) is 0 Å². The fraction of sp³-hybridized carbons (Fsp3) is 0.238. The summed E-state index contributed by atoms with van der Waals surface area (Å²) < 4.78 is 6.79. The molecule has 0 fully saturated rings. The minimum Gasteiger partial charge on any atom is -0.508 e. The summed E-state index contributed by atoms with van der Waals surface area (Å²) in [7, 11) is 0. The number of nitrogens with zero attached hydrogens (tertiary/aromatic N) is 1. The SMILES string of the molecule is Cc1c(CC(=O)OC(C)C)c2cc(O)ccc2n1C(=O)c1cccc(Cl)c1. The van der Waals surface area contributed by atoms with E-state index in [0.29, 0.717) is 32.7 Å². The first kappa shape index (κ1) is 19.0. The third-order valence-corrected chi connectivity index (χ3v) is 4.52. The molecule has 0 aliphatic carbocycles. The average molecular weight is 386 g/mol. The van der Waals surface area contributed by atoms with Crippen LogP contribution in [0.2, 0.25) is 5.02 Å². The van der Waals surface area contributed by atoms with E-state index >= 15 is 0 Å². The number of benzene rings is 2. The maximum Gasteiger partial charge on any atom is 0.310 e. The molecule has 0 aliphatic rings. The van der Waals surface area contributed by atoms with E-state index in [4.69, 9.17) is 16.3 Å². The van der Waals surface area contributed by atoms with Gasteiger partial charge in [0.15, 0.2) is 0 Å². The van der Waals surface area contributed by atoms with Crippen molar-refractivity contribution in [2.45, 2.75) is 33.3 Å². The highest BCUT2D eigenvalue weighted by atomic mass is 35.5. The zero-order chi connectivity index (χ0) is 19.7. The lowest BCUT2D eigenvalue weighted by atomic mass is 10.1. The molecule has 3 aromatic rings. The Hall–Kier alpha value is -2.79. The summed E-state index contributed by atoms with van der Waals surface area (Å²) in [5.74, 6) is -0.576. The Morgan fingerprint density at radius 1 is 1.19 bits per heavy atom. The van der Waals surface area contributed by atoms with Gasteiger partial charge in [0.2, 0.25) is 0 Å². The third kappa shape index (κ3) is 3.83. The first-order valence-corrected chi connectivity index (χ1v) is 8.98. The van der Waals surface area contributed by atoms with E-state index < -0.39 is 0 Å². The van der Waals surface area contributed by atoms with Gasteiger partial charge in [-0.3, -0.25) is 14.2 Å². The minimum absolute atomic E-state index is 0.0137. The van der Waals surface area contributed by atoms with Gasteiger partial charge in [-0.1, -0.05) is 17.7 Å². The molecule has 0 amide bonds. The van der Waals surface area contributed by atoms with Crippen LogP contribution < -0.4 is 0 Å². The van der Waals surface area contributed by atoms with Crippen LogP contribution in [0.3, 0.4) is 0 Å². The predicted octanol–water partition coefficient (Wildman–Crippen LogP) is 4.49. The van der Waals surface area contributed by atoms with Gasteiger partial charge < -0.3 is 9.84 Å². The maximum atomic E-state index is 13.1. The van der Waals surface area contributed by atoms with Gasteiger partial charge in [0.25, 0.3) is 5.91 Å². The van der Waals surface area contributed by atoms with E-state index in [-0.39, 0.29) is 30.2 Å². The lowest BCUT2D eigenvalue weighted by Crippen LogP contribution is -2.16. The van der Waals surface area contributed by atoms with Gasteiger partial charge in [0.1, 0.15) is 5.75 Å². The summed E-state index contributed by atoms with van der Waals surface area (Å²) >= 11 is 6.02. The Labute approximate surface area is 162 Å². The van der Waals surface area contributed by atoms with Gasteiger partial charge >= 0.3 is 5.97 Å². The fourth-order valence-electron chi connectivity index (χ4n) is 3.16. The van der Waals surface area contributed by atoms with Crippen molar-refractivity contribution in [3.63, 3.8) is 0 Å². The number of halogens is 1. The second kappa shape index (κ2) is 7.45. The van der Waals surface area contributed by atoms with Crippen LogP contribution in [-0.2, 0) is 16.0 Å². The van der Waals surface area contributed by atoms with E-state index in [9.17, 15) is 14.7 Å². The number of carbonyl (C=O) groups is 2. The molecule has 2 aromatic carbocycles. The van der Waals surface area contributed by atoms with Gasteiger partial charge in [0, 0.05) is 21.7 Å². The van der Waals surface area contributed by atoms with Gasteiger partial charge in [0.05, 0.1) is 18.0 Å². The Balaban J connectivity index is 2.15. The Morgan fingerprint density at radius 2 is 1.93 bits per heavy atom. The molecule has 6 heteroatoms. The van der Waals surface area contributed by atoms with Crippen LogP contribution in [-0.4, -0.2) is 27.7 Å². The molecule has 1 heterocycles. The summed E-state index contributed by atoms with van der Waals surface area (Å²) in [5, 5.41) is 11.0. The van der Waals surface area contributed by atoms with Crippen molar-refractivity contribution in [1.29, 1.82) is 0 Å². The van der Waals surface area contributed by atoms with Gasteiger partial charge in [-0.2, -0.15) is 0 Å². The Bertz CT molecular complexity index is 1040. The number of ether oxygens (including phenoxy) is 1. The van der Waals surface area contributed by atoms with E-state index in [1.54, 1.807) is 61.7 Å². The molecule has 5 nitrogen and oxygen atoms in total. The summed E-state index contributed by atoms with van der Waals surface area (Å²) in [6.45, 7) is 5.34. The third-order valence-electron chi connectivity index (χ3n) is 4.28. The zero-order valence-electron chi connectivity index (χ0n) is 15.3. The van der Waals surface area contributed by atoms with E-state index in [0.717, 1.165) is 0 Å². The molecule has 140 valence electrons. The number of rotatable bonds is 4. The molecule has 0 saturated heterocycles. The number of hydrogen-bond acceptors (Lipinski definition) is 4. The van der Waals surface area contributed by atoms with Crippen molar-refractivity contribution >= 4 is 34.4 Å². The zero-order valence-corrected chi connectivity index (χ0v) is 16.1. The number of phenolic OH excluding ortho intramolecular Hbond substituents is 1. The smallest absolute Gasteiger partial charge is 0.310 e. The first-order valence-electron chi connectivity index (χ1n) is 8.60. The quantitative estimate of drug-likeness (QED) is 0.672. The summed E-state index contributed by atoms with van der Waals surface area (Å²) in [6.07, 6.45) is -0.215. The standard InChI is InChI=1S/C21H20ClNO4/c1-12(2)27-20(25)11-17-13(3)23(19-8-7-16(24)10-18(17)19)21(26)14-5-4-6-15(22)9-14/h4-10,12,24H,11H2,1-3H3. The normalized spacial score (nSPS) is 11.1. The summed E-state index contributed by atoms with van der Waals surface area (Å²) in [6, 6.07) is 11.4. The highest BCUT2D eigenvalue weighted by Gasteiger charge is 2.22. The second-order valence-electron chi connectivity index (χ2n) is 6.63. The van der Waals surface area contributed by atoms with E-state index in [1.165, 1.54) is 6.07 Å². The van der Waals surface area contributed by atoms with Crippen molar-refractivity contribution in [3.8, 4) is 5.75 Å². The highest BCUT2D eigenvalue weighted by Crippen LogP contribution is 2.30. The van der Waals surface area contributed by atoms with Crippen LogP contribution in [0, 0.1) is 6.92 Å². The molecule has 1 N–H and O–H groups in total. The number of esters is 1. The van der Waals surface area contributed by atoms with Crippen molar-refractivity contribution in [3.05, 3.63) is 64.3 Å². The molecule has 0 atom stereocenters. The Morgan fingerprint density at radius 3 is 2.59 bits per heavy atom. The number of phenols is 1. The molecule has 1 aromatic heterocycles. The molecule has 0 spiro atoms.